The van der Waals surface area contributed by atoms with E-state index in [9.17, 15) is 14.4 Å². The minimum atomic E-state index is -0.968. The van der Waals surface area contributed by atoms with Crippen LogP contribution in [0.4, 0.5) is 4.79 Å². The lowest BCUT2D eigenvalue weighted by Crippen LogP contribution is -2.36. The van der Waals surface area contributed by atoms with Crippen LogP contribution in [-0.2, 0) is 19.1 Å². The van der Waals surface area contributed by atoms with Crippen LogP contribution in [0.25, 0.3) is 11.1 Å². The lowest BCUT2D eigenvalue weighted by atomic mass is 9.98. The van der Waals surface area contributed by atoms with E-state index in [2.05, 4.69) is 34.9 Å². The van der Waals surface area contributed by atoms with Gasteiger partial charge in [0.1, 0.15) is 6.61 Å². The predicted molar refractivity (Wildman–Crippen MR) is 125 cm³/mol. The molecule has 2 aliphatic rings. The number of alkyl carbamates (subject to hydrolysis) is 1. The van der Waals surface area contributed by atoms with E-state index in [0.717, 1.165) is 11.1 Å². The van der Waals surface area contributed by atoms with Crippen molar-refractivity contribution >= 4 is 18.0 Å². The first-order chi connectivity index (χ1) is 16.5. The largest absolute Gasteiger partial charge is 0.481 e. The minimum Gasteiger partial charge on any atom is -0.481 e. The highest BCUT2D eigenvalue weighted by Gasteiger charge is 2.43. The number of aliphatic carboxylic acids is 1. The van der Waals surface area contributed by atoms with Crippen molar-refractivity contribution in [3.8, 4) is 11.1 Å². The Balaban J connectivity index is 1.20. The van der Waals surface area contributed by atoms with Crippen LogP contribution >= 0.6 is 0 Å². The van der Waals surface area contributed by atoms with Crippen molar-refractivity contribution in [2.45, 2.75) is 31.8 Å². The zero-order valence-corrected chi connectivity index (χ0v) is 19.2. The summed E-state index contributed by atoms with van der Waals surface area (Å²) >= 11 is 0. The molecule has 3 unspecified atom stereocenters. The van der Waals surface area contributed by atoms with Crippen molar-refractivity contribution in [3.63, 3.8) is 0 Å². The van der Waals surface area contributed by atoms with E-state index in [4.69, 9.17) is 14.6 Å². The van der Waals surface area contributed by atoms with E-state index < -0.39 is 18.2 Å². The summed E-state index contributed by atoms with van der Waals surface area (Å²) in [5.41, 5.74) is 4.66. The van der Waals surface area contributed by atoms with Crippen LogP contribution in [-0.4, -0.2) is 55.5 Å². The molecule has 180 valence electrons. The molecule has 2 aromatic carbocycles. The standard InChI is InChI=1S/C26H30N2O6/c1-2-33-17(12-24(29)30)14-27-25(31)22-11-16(22)13-28-26(32)34-15-23-20-9-5-3-7-18(20)19-8-4-6-10-21(19)23/h3-10,16-17,22-23H,2,11-15H2,1H3,(H,27,31)(H,28,32)(H,29,30). The van der Waals surface area contributed by atoms with E-state index in [0.29, 0.717) is 19.6 Å². The molecule has 8 heteroatoms. The molecule has 0 heterocycles. The first-order valence-corrected chi connectivity index (χ1v) is 11.7. The molecule has 4 rings (SSSR count). The number of carboxylic acids is 1. The van der Waals surface area contributed by atoms with E-state index in [1.807, 2.05) is 24.3 Å². The number of nitrogens with one attached hydrogen (secondary N) is 2. The maximum atomic E-state index is 12.3. The first kappa shape index (κ1) is 23.8. The summed E-state index contributed by atoms with van der Waals surface area (Å²) in [6.07, 6.45) is -0.535. The van der Waals surface area contributed by atoms with Gasteiger partial charge in [0.15, 0.2) is 0 Å². The third-order valence-corrected chi connectivity index (χ3v) is 6.42. The summed E-state index contributed by atoms with van der Waals surface area (Å²) in [5, 5.41) is 14.5. The first-order valence-electron chi connectivity index (χ1n) is 11.7. The van der Waals surface area contributed by atoms with Crippen molar-refractivity contribution in [3.05, 3.63) is 59.7 Å². The number of carbonyl (C=O) groups excluding carboxylic acids is 2. The zero-order chi connectivity index (χ0) is 24.1. The summed E-state index contributed by atoms with van der Waals surface area (Å²) < 4.78 is 10.9. The Morgan fingerprint density at radius 3 is 2.29 bits per heavy atom. The van der Waals surface area contributed by atoms with Crippen LogP contribution in [0.2, 0.25) is 0 Å². The van der Waals surface area contributed by atoms with E-state index in [-0.39, 0.29) is 43.2 Å². The smallest absolute Gasteiger partial charge is 0.407 e. The Morgan fingerprint density at radius 2 is 1.68 bits per heavy atom. The van der Waals surface area contributed by atoms with Crippen molar-refractivity contribution in [1.29, 1.82) is 0 Å². The number of benzene rings is 2. The van der Waals surface area contributed by atoms with Gasteiger partial charge in [0.05, 0.1) is 12.5 Å². The molecule has 0 bridgehead atoms. The molecule has 0 aromatic heterocycles. The van der Waals surface area contributed by atoms with Crippen LogP contribution in [0.1, 0.15) is 36.8 Å². The summed E-state index contributed by atoms with van der Waals surface area (Å²) in [6, 6.07) is 16.3. The fourth-order valence-electron chi connectivity index (χ4n) is 4.62. The van der Waals surface area contributed by atoms with Gasteiger partial charge in [-0.25, -0.2) is 4.79 Å². The fraction of sp³-hybridized carbons (Fsp3) is 0.423. The second kappa shape index (κ2) is 10.7. The van der Waals surface area contributed by atoms with Gasteiger partial charge in [0.2, 0.25) is 5.91 Å². The molecule has 8 nitrogen and oxygen atoms in total. The van der Waals surface area contributed by atoms with Gasteiger partial charge in [0, 0.05) is 31.5 Å². The third kappa shape index (κ3) is 5.56. The molecule has 2 aromatic rings. The number of carboxylic acid groups (broad SMARTS) is 1. The summed E-state index contributed by atoms with van der Waals surface area (Å²) in [4.78, 5) is 35.5. The van der Waals surface area contributed by atoms with Crippen LogP contribution in [0.3, 0.4) is 0 Å². The van der Waals surface area contributed by atoms with Gasteiger partial charge in [-0.15, -0.1) is 0 Å². The van der Waals surface area contributed by atoms with E-state index in [1.165, 1.54) is 11.1 Å². The molecule has 1 fully saturated rings. The predicted octanol–water partition coefficient (Wildman–Crippen LogP) is 3.16. The van der Waals surface area contributed by atoms with E-state index >= 15 is 0 Å². The number of rotatable bonds is 11. The molecule has 2 aliphatic carbocycles. The molecule has 0 spiro atoms. The molecular weight excluding hydrogens is 436 g/mol. The Hall–Kier alpha value is -3.39. The van der Waals surface area contributed by atoms with Gasteiger partial charge < -0.3 is 25.2 Å². The summed E-state index contributed by atoms with van der Waals surface area (Å²) in [7, 11) is 0. The normalized spacial score (nSPS) is 19.0. The monoisotopic (exact) mass is 466 g/mol. The minimum absolute atomic E-state index is 0.00156. The second-order valence-corrected chi connectivity index (χ2v) is 8.73. The summed E-state index contributed by atoms with van der Waals surface area (Å²) in [6.45, 7) is 2.92. The Bertz CT molecular complexity index is 1010. The maximum Gasteiger partial charge on any atom is 0.407 e. The van der Waals surface area contributed by atoms with Crippen molar-refractivity contribution in [2.75, 3.05) is 26.3 Å². The number of carbonyl (C=O) groups is 3. The SMILES string of the molecule is CCOC(CNC(=O)C1CC1CNC(=O)OCC1c2ccccc2-c2ccccc21)CC(=O)O. The molecular formula is C26H30N2O6. The highest BCUT2D eigenvalue weighted by Crippen LogP contribution is 2.44. The van der Waals surface area contributed by atoms with Gasteiger partial charge >= 0.3 is 12.1 Å². The van der Waals surface area contributed by atoms with E-state index in [1.54, 1.807) is 6.92 Å². The van der Waals surface area contributed by atoms with Crippen molar-refractivity contribution in [1.82, 2.24) is 10.6 Å². The van der Waals surface area contributed by atoms with Crippen molar-refractivity contribution in [2.24, 2.45) is 11.8 Å². The van der Waals surface area contributed by atoms with Crippen molar-refractivity contribution < 1.29 is 29.0 Å². The molecule has 0 radical (unpaired) electrons. The lowest BCUT2D eigenvalue weighted by molar-refractivity contribution is -0.140. The molecule has 2 amide bonds. The highest BCUT2D eigenvalue weighted by atomic mass is 16.5. The van der Waals surface area contributed by atoms with Crippen LogP contribution < -0.4 is 10.6 Å². The average molecular weight is 467 g/mol. The maximum absolute atomic E-state index is 12.3. The van der Waals surface area contributed by atoms with Crippen LogP contribution in [0.5, 0.6) is 0 Å². The highest BCUT2D eigenvalue weighted by molar-refractivity contribution is 5.82. The molecule has 0 aliphatic heterocycles. The third-order valence-electron chi connectivity index (χ3n) is 6.42. The molecule has 1 saturated carbocycles. The summed E-state index contributed by atoms with van der Waals surface area (Å²) in [5.74, 6) is -1.26. The Morgan fingerprint density at radius 1 is 1.03 bits per heavy atom. The number of fused-ring (bicyclic) bond motifs is 3. The second-order valence-electron chi connectivity index (χ2n) is 8.73. The molecule has 34 heavy (non-hydrogen) atoms. The molecule has 0 saturated heterocycles. The number of ether oxygens (including phenoxy) is 2. The van der Waals surface area contributed by atoms with Gasteiger partial charge in [-0.05, 0) is 41.5 Å². The fourth-order valence-corrected chi connectivity index (χ4v) is 4.62. The molecule has 3 atom stereocenters. The van der Waals surface area contributed by atoms with Gasteiger partial charge in [-0.2, -0.15) is 0 Å². The van der Waals surface area contributed by atoms with Gasteiger partial charge in [-0.1, -0.05) is 48.5 Å². The number of hydrogen-bond acceptors (Lipinski definition) is 5. The Kier molecular flexibility index (Phi) is 7.47. The van der Waals surface area contributed by atoms with Gasteiger partial charge in [0.25, 0.3) is 0 Å². The van der Waals surface area contributed by atoms with Gasteiger partial charge in [-0.3, -0.25) is 9.59 Å². The lowest BCUT2D eigenvalue weighted by Gasteiger charge is -2.16. The number of hydrogen-bond donors (Lipinski definition) is 3. The zero-order valence-electron chi connectivity index (χ0n) is 19.2. The Labute approximate surface area is 198 Å². The number of amides is 2. The van der Waals surface area contributed by atoms with Crippen LogP contribution in [0.15, 0.2) is 48.5 Å². The van der Waals surface area contributed by atoms with Crippen LogP contribution in [0, 0.1) is 11.8 Å². The molecule has 3 N–H and O–H groups in total. The topological polar surface area (TPSA) is 114 Å². The quantitative estimate of drug-likeness (QED) is 0.469. The average Bonchev–Trinajstić information content (AvgIpc) is 3.54.